The second-order valence-corrected chi connectivity index (χ2v) is 15.9. The van der Waals surface area contributed by atoms with Crippen molar-refractivity contribution < 1.29 is 4.42 Å². The lowest BCUT2D eigenvalue weighted by Crippen LogP contribution is -2.05. The SMILES string of the molecule is c1ccc(-c2ccccc2-c2c(-c3ccccc3)nnnc2-c2c3c(cc(-c4ccccc4)c2-c2cccc4oc5ccccc5c24)N=c2ccc4c(c2-3)N=c2ccccc2=4)cc1. The molecule has 6 nitrogen and oxygen atoms in total. The van der Waals surface area contributed by atoms with Crippen molar-refractivity contribution in [2.75, 3.05) is 0 Å². The van der Waals surface area contributed by atoms with Gasteiger partial charge in [0.25, 0.3) is 0 Å². The highest BCUT2D eigenvalue weighted by molar-refractivity contribution is 6.19. The summed E-state index contributed by atoms with van der Waals surface area (Å²) in [5.74, 6) is 0. The maximum absolute atomic E-state index is 6.61. The molecular weight excluding hydrogens is 771 g/mol. The first-order valence-electron chi connectivity index (χ1n) is 21.1. The van der Waals surface area contributed by atoms with Gasteiger partial charge in [0.15, 0.2) is 0 Å². The molecule has 0 atom stereocenters. The molecule has 2 aliphatic heterocycles. The van der Waals surface area contributed by atoms with Gasteiger partial charge >= 0.3 is 0 Å². The van der Waals surface area contributed by atoms with E-state index in [1.165, 1.54) is 0 Å². The Morgan fingerprint density at radius 3 is 1.79 bits per heavy atom. The van der Waals surface area contributed by atoms with Crippen LogP contribution in [-0.2, 0) is 0 Å². The average Bonchev–Trinajstić information content (AvgIpc) is 4.05. The van der Waals surface area contributed by atoms with Crippen LogP contribution in [0.1, 0.15) is 0 Å². The Morgan fingerprint density at radius 1 is 0.349 bits per heavy atom. The molecule has 0 saturated heterocycles. The van der Waals surface area contributed by atoms with Crippen molar-refractivity contribution in [3.8, 4) is 78.1 Å². The summed E-state index contributed by atoms with van der Waals surface area (Å²) in [5.41, 5.74) is 16.6. The number of hydrogen-bond donors (Lipinski definition) is 0. The van der Waals surface area contributed by atoms with Gasteiger partial charge in [-0.15, -0.1) is 10.2 Å². The zero-order chi connectivity index (χ0) is 41.4. The predicted molar refractivity (Wildman–Crippen MR) is 251 cm³/mol. The van der Waals surface area contributed by atoms with Gasteiger partial charge in [-0.2, -0.15) is 0 Å². The Labute approximate surface area is 361 Å². The smallest absolute Gasteiger partial charge is 0.136 e. The highest BCUT2D eigenvalue weighted by atomic mass is 16.3. The van der Waals surface area contributed by atoms with Crippen LogP contribution >= 0.6 is 0 Å². The third-order valence-corrected chi connectivity index (χ3v) is 12.5. The molecular formula is C57H33N5O. The van der Waals surface area contributed by atoms with E-state index in [2.05, 4.69) is 169 Å². The fraction of sp³-hybridized carbons (Fsp3) is 0. The molecule has 63 heavy (non-hydrogen) atoms. The van der Waals surface area contributed by atoms with Crippen LogP contribution in [0.15, 0.2) is 215 Å². The second kappa shape index (κ2) is 14.0. The Morgan fingerprint density at radius 2 is 0.984 bits per heavy atom. The van der Waals surface area contributed by atoms with E-state index in [0.717, 1.165) is 127 Å². The molecule has 13 rings (SSSR count). The van der Waals surface area contributed by atoms with Crippen molar-refractivity contribution in [2.45, 2.75) is 0 Å². The normalized spacial score (nSPS) is 12.1. The molecule has 0 radical (unpaired) electrons. The van der Waals surface area contributed by atoms with Crippen LogP contribution in [0.2, 0.25) is 0 Å². The molecule has 292 valence electrons. The zero-order valence-electron chi connectivity index (χ0n) is 33.7. The summed E-state index contributed by atoms with van der Waals surface area (Å²) in [5, 5.41) is 20.9. The van der Waals surface area contributed by atoms with Gasteiger partial charge in [-0.25, -0.2) is 9.98 Å². The molecule has 0 N–H and O–H groups in total. The van der Waals surface area contributed by atoms with Gasteiger partial charge in [-0.1, -0.05) is 164 Å². The van der Waals surface area contributed by atoms with Gasteiger partial charge < -0.3 is 4.42 Å². The lowest BCUT2D eigenvalue weighted by molar-refractivity contribution is 0.669. The molecule has 11 aromatic rings. The van der Waals surface area contributed by atoms with Crippen LogP contribution in [0.4, 0.5) is 11.4 Å². The third kappa shape index (κ3) is 5.41. The van der Waals surface area contributed by atoms with Crippen LogP contribution in [0.25, 0.3) is 100 Å². The van der Waals surface area contributed by atoms with E-state index >= 15 is 0 Å². The first-order valence-corrected chi connectivity index (χ1v) is 21.1. The molecule has 0 saturated carbocycles. The fourth-order valence-electron chi connectivity index (χ4n) is 9.78. The molecule has 0 spiro atoms. The van der Waals surface area contributed by atoms with Crippen molar-refractivity contribution in [2.24, 2.45) is 9.98 Å². The molecule has 0 unspecified atom stereocenters. The standard InChI is InChI=1S/C57H33N5O/c1-4-17-34(18-5-1)37-23-10-11-25-39(37)51-55(36-21-8-3-9-22-36)60-62-61-57(51)54-50(42-27-16-30-48-49(42)41-26-13-15-29-47(41)63-48)43(35-19-6-2-7-20-35)33-46-52(54)53-45(58-46)32-31-40-38-24-12-14-28-44(38)59-56(40)53/h1-33H. The summed E-state index contributed by atoms with van der Waals surface area (Å²) in [6, 6.07) is 69.6. The van der Waals surface area contributed by atoms with E-state index in [1.54, 1.807) is 0 Å². The minimum atomic E-state index is 0.692. The van der Waals surface area contributed by atoms with Crippen molar-refractivity contribution in [1.29, 1.82) is 0 Å². The molecule has 9 aromatic carbocycles. The van der Waals surface area contributed by atoms with Crippen LogP contribution in [-0.4, -0.2) is 15.4 Å². The Balaban J connectivity index is 1.27. The van der Waals surface area contributed by atoms with E-state index in [-0.39, 0.29) is 0 Å². The maximum Gasteiger partial charge on any atom is 0.136 e. The number of fused-ring (bicyclic) bond motifs is 9. The molecule has 4 heterocycles. The molecule has 0 bridgehead atoms. The predicted octanol–water partition coefficient (Wildman–Crippen LogP) is 13.3. The summed E-state index contributed by atoms with van der Waals surface area (Å²) in [4.78, 5) is 10.8. The number of para-hydroxylation sites is 2. The molecule has 0 amide bonds. The summed E-state index contributed by atoms with van der Waals surface area (Å²) < 4.78 is 6.61. The number of benzene rings is 9. The summed E-state index contributed by atoms with van der Waals surface area (Å²) >= 11 is 0. The molecule has 2 aromatic heterocycles. The van der Waals surface area contributed by atoms with Crippen LogP contribution in [0, 0.1) is 10.4 Å². The Hall–Kier alpha value is -8.61. The van der Waals surface area contributed by atoms with Gasteiger partial charge in [-0.3, -0.25) is 0 Å². The number of hydrogen-bond acceptors (Lipinski definition) is 6. The zero-order valence-corrected chi connectivity index (χ0v) is 33.7. The molecule has 6 heteroatoms. The number of nitrogens with zero attached hydrogens (tertiary/aromatic N) is 5. The van der Waals surface area contributed by atoms with Crippen LogP contribution < -0.4 is 10.7 Å². The second-order valence-electron chi connectivity index (χ2n) is 15.9. The maximum atomic E-state index is 6.61. The van der Waals surface area contributed by atoms with E-state index in [1.807, 2.05) is 36.4 Å². The fourth-order valence-corrected chi connectivity index (χ4v) is 9.78. The average molecular weight is 804 g/mol. The van der Waals surface area contributed by atoms with Gasteiger partial charge in [0, 0.05) is 54.6 Å². The number of rotatable bonds is 6. The molecule has 2 aliphatic rings. The summed E-state index contributed by atoms with van der Waals surface area (Å²) in [6.07, 6.45) is 0. The van der Waals surface area contributed by atoms with E-state index < -0.39 is 0 Å². The van der Waals surface area contributed by atoms with Crippen LogP contribution in [0.5, 0.6) is 0 Å². The monoisotopic (exact) mass is 803 g/mol. The van der Waals surface area contributed by atoms with E-state index in [4.69, 9.17) is 24.6 Å². The van der Waals surface area contributed by atoms with Crippen molar-refractivity contribution in [1.82, 2.24) is 15.4 Å². The van der Waals surface area contributed by atoms with Gasteiger partial charge in [0.1, 0.15) is 22.6 Å². The van der Waals surface area contributed by atoms with Crippen molar-refractivity contribution in [3.63, 3.8) is 0 Å². The highest BCUT2D eigenvalue weighted by Crippen LogP contribution is 2.56. The summed E-state index contributed by atoms with van der Waals surface area (Å²) in [6.45, 7) is 0. The van der Waals surface area contributed by atoms with Crippen LogP contribution in [0.3, 0.4) is 0 Å². The quantitative estimate of drug-likeness (QED) is 0.168. The number of furan rings is 1. The van der Waals surface area contributed by atoms with Crippen molar-refractivity contribution >= 4 is 33.3 Å². The van der Waals surface area contributed by atoms with Gasteiger partial charge in [-0.05, 0) is 75.0 Å². The minimum Gasteiger partial charge on any atom is -0.456 e. The lowest BCUT2D eigenvalue weighted by atomic mass is 9.80. The molecule has 0 aliphatic carbocycles. The summed E-state index contributed by atoms with van der Waals surface area (Å²) in [7, 11) is 0. The third-order valence-electron chi connectivity index (χ3n) is 12.5. The topological polar surface area (TPSA) is 76.5 Å². The first-order chi connectivity index (χ1) is 31.3. The van der Waals surface area contributed by atoms with E-state index in [0.29, 0.717) is 5.69 Å². The Kier molecular flexibility index (Phi) is 7.80. The lowest BCUT2D eigenvalue weighted by Gasteiger charge is -2.23. The Bertz CT molecular complexity index is 3900. The van der Waals surface area contributed by atoms with Gasteiger partial charge in [0.2, 0.25) is 0 Å². The number of aromatic nitrogens is 3. The first kappa shape index (κ1) is 35.2. The van der Waals surface area contributed by atoms with Gasteiger partial charge in [0.05, 0.1) is 22.1 Å². The minimum absolute atomic E-state index is 0.692. The van der Waals surface area contributed by atoms with E-state index in [9.17, 15) is 0 Å². The highest BCUT2D eigenvalue weighted by Gasteiger charge is 2.33. The largest absolute Gasteiger partial charge is 0.456 e. The molecule has 0 fully saturated rings. The van der Waals surface area contributed by atoms with Crippen molar-refractivity contribution in [3.05, 3.63) is 221 Å².